The van der Waals surface area contributed by atoms with E-state index in [1.54, 1.807) is 18.3 Å². The zero-order chi connectivity index (χ0) is 17.4. The van der Waals surface area contributed by atoms with Crippen LogP contribution in [0.25, 0.3) is 5.69 Å². The average Bonchev–Trinajstić information content (AvgIpc) is 3.03. The number of amides is 1. The first-order valence-electron chi connectivity index (χ1n) is 7.11. The molecule has 0 unspecified atom stereocenters. The quantitative estimate of drug-likeness (QED) is 0.522. The number of halogens is 1. The maximum Gasteiger partial charge on any atom is 0.304 e. The van der Waals surface area contributed by atoms with Crippen molar-refractivity contribution in [1.82, 2.24) is 15.1 Å². The van der Waals surface area contributed by atoms with E-state index in [0.29, 0.717) is 29.3 Å². The molecule has 0 aliphatic carbocycles. The van der Waals surface area contributed by atoms with Gasteiger partial charge < -0.3 is 10.4 Å². The third-order valence-corrected chi connectivity index (χ3v) is 5.28. The molecule has 2 rings (SSSR count). The van der Waals surface area contributed by atoms with Crippen molar-refractivity contribution in [2.24, 2.45) is 0 Å². The van der Waals surface area contributed by atoms with Gasteiger partial charge >= 0.3 is 5.97 Å². The zero-order valence-corrected chi connectivity index (χ0v) is 14.3. The van der Waals surface area contributed by atoms with E-state index in [0.717, 1.165) is 0 Å². The number of carboxylic acids is 1. The molecule has 1 heterocycles. The first-order chi connectivity index (χ1) is 11.6. The number of aromatic nitrogens is 2. The van der Waals surface area contributed by atoms with Crippen LogP contribution in [-0.4, -0.2) is 44.8 Å². The fraction of sp³-hybridized carbons (Fsp3) is 0.267. The van der Waals surface area contributed by atoms with Crippen LogP contribution in [0.15, 0.2) is 36.7 Å². The molecule has 1 aromatic carbocycles. The predicted octanol–water partition coefficient (Wildman–Crippen LogP) is 2.60. The molecule has 0 aliphatic rings. The fourth-order valence-corrected chi connectivity index (χ4v) is 3.64. The molecule has 0 saturated heterocycles. The van der Waals surface area contributed by atoms with Crippen molar-refractivity contribution >= 4 is 33.5 Å². The van der Waals surface area contributed by atoms with Crippen molar-refractivity contribution in [3.05, 3.63) is 48.0 Å². The Hall–Kier alpha value is -2.00. The molecule has 9 heteroatoms. The molecule has 0 aliphatic heterocycles. The van der Waals surface area contributed by atoms with E-state index >= 15 is 0 Å². The summed E-state index contributed by atoms with van der Waals surface area (Å²) in [5.41, 5.74) is 0.933. The van der Waals surface area contributed by atoms with E-state index in [9.17, 15) is 14.0 Å². The molecule has 0 spiro atoms. The highest BCUT2D eigenvalue weighted by Crippen LogP contribution is 2.21. The van der Waals surface area contributed by atoms with Crippen LogP contribution in [0.5, 0.6) is 0 Å². The molecule has 0 bridgehead atoms. The fourth-order valence-electron chi connectivity index (χ4n) is 1.76. The highest BCUT2D eigenvalue weighted by Gasteiger charge is 2.09. The number of benzene rings is 1. The molecule has 1 amide bonds. The second kappa shape index (κ2) is 9.33. The minimum Gasteiger partial charge on any atom is -0.481 e. The molecular weight excluding hydrogens is 353 g/mol. The topological polar surface area (TPSA) is 84.2 Å². The Balaban J connectivity index is 1.74. The summed E-state index contributed by atoms with van der Waals surface area (Å²) in [4.78, 5) is 22.4. The molecule has 2 N–H and O–H groups in total. The van der Waals surface area contributed by atoms with Gasteiger partial charge in [-0.2, -0.15) is 5.10 Å². The van der Waals surface area contributed by atoms with Gasteiger partial charge in [0, 0.05) is 24.2 Å². The summed E-state index contributed by atoms with van der Waals surface area (Å²) in [6.45, 7) is 0.467. The van der Waals surface area contributed by atoms with E-state index in [4.69, 9.17) is 5.11 Å². The largest absolute Gasteiger partial charge is 0.481 e. The van der Waals surface area contributed by atoms with E-state index < -0.39 is 5.97 Å². The van der Waals surface area contributed by atoms with Crippen LogP contribution in [0.1, 0.15) is 16.8 Å². The van der Waals surface area contributed by atoms with Crippen LogP contribution < -0.4 is 5.32 Å². The number of nitrogens with one attached hydrogen (secondary N) is 1. The van der Waals surface area contributed by atoms with Gasteiger partial charge in [-0.1, -0.05) is 27.7 Å². The SMILES string of the molecule is O=C(O)CCSSCCNC(=O)c1cnn(-c2cccc(F)c2)c1. The maximum absolute atomic E-state index is 13.2. The van der Waals surface area contributed by atoms with Gasteiger partial charge in [0.15, 0.2) is 0 Å². The van der Waals surface area contributed by atoms with Gasteiger partial charge in [0.05, 0.1) is 23.9 Å². The van der Waals surface area contributed by atoms with Crippen LogP contribution >= 0.6 is 21.6 Å². The lowest BCUT2D eigenvalue weighted by molar-refractivity contribution is -0.136. The van der Waals surface area contributed by atoms with Crippen LogP contribution in [0.4, 0.5) is 4.39 Å². The molecule has 0 fully saturated rings. The Morgan fingerprint density at radius 3 is 2.83 bits per heavy atom. The van der Waals surface area contributed by atoms with Gasteiger partial charge in [0.2, 0.25) is 0 Å². The Morgan fingerprint density at radius 1 is 1.29 bits per heavy atom. The summed E-state index contributed by atoms with van der Waals surface area (Å²) in [5.74, 6) is -0.227. The average molecular weight is 369 g/mol. The summed E-state index contributed by atoms with van der Waals surface area (Å²) in [6.07, 6.45) is 3.09. The number of carbonyl (C=O) groups is 2. The number of aliphatic carboxylic acids is 1. The number of carboxylic acid groups (broad SMARTS) is 1. The van der Waals surface area contributed by atoms with E-state index in [1.165, 1.54) is 44.6 Å². The van der Waals surface area contributed by atoms with Crippen molar-refractivity contribution in [2.45, 2.75) is 6.42 Å². The minimum atomic E-state index is -0.813. The monoisotopic (exact) mass is 369 g/mol. The lowest BCUT2D eigenvalue weighted by Gasteiger charge is -2.03. The highest BCUT2D eigenvalue weighted by molar-refractivity contribution is 8.76. The third-order valence-electron chi connectivity index (χ3n) is 2.87. The molecule has 24 heavy (non-hydrogen) atoms. The van der Waals surface area contributed by atoms with Crippen LogP contribution in [0.3, 0.4) is 0 Å². The Morgan fingerprint density at radius 2 is 2.08 bits per heavy atom. The van der Waals surface area contributed by atoms with Crippen molar-refractivity contribution in [3.8, 4) is 5.69 Å². The third kappa shape index (κ3) is 5.89. The zero-order valence-electron chi connectivity index (χ0n) is 12.6. The van der Waals surface area contributed by atoms with Crippen molar-refractivity contribution < 1.29 is 19.1 Å². The van der Waals surface area contributed by atoms with Crippen LogP contribution in [0.2, 0.25) is 0 Å². The molecule has 0 saturated carbocycles. The maximum atomic E-state index is 13.2. The number of hydrogen-bond acceptors (Lipinski definition) is 5. The predicted molar refractivity (Wildman–Crippen MR) is 93.0 cm³/mol. The highest BCUT2D eigenvalue weighted by atomic mass is 33.1. The standard InChI is InChI=1S/C15H16FN3O3S2/c16-12-2-1-3-13(8-12)19-10-11(9-18-19)15(22)17-5-7-24-23-6-4-14(20)21/h1-3,8-10H,4-7H2,(H,17,22)(H,20,21). The van der Waals surface area contributed by atoms with Crippen molar-refractivity contribution in [2.75, 3.05) is 18.1 Å². The second-order valence-corrected chi connectivity index (χ2v) is 7.40. The van der Waals surface area contributed by atoms with Crippen LogP contribution in [-0.2, 0) is 4.79 Å². The van der Waals surface area contributed by atoms with Crippen molar-refractivity contribution in [3.63, 3.8) is 0 Å². The lowest BCUT2D eigenvalue weighted by atomic mass is 10.3. The van der Waals surface area contributed by atoms with Gasteiger partial charge in [-0.15, -0.1) is 0 Å². The molecule has 1 aromatic heterocycles. The first-order valence-corrected chi connectivity index (χ1v) is 9.60. The van der Waals surface area contributed by atoms with Gasteiger partial charge in [-0.3, -0.25) is 9.59 Å². The Kier molecular flexibility index (Phi) is 7.13. The number of hydrogen-bond donors (Lipinski definition) is 2. The molecule has 0 atom stereocenters. The van der Waals surface area contributed by atoms with Crippen molar-refractivity contribution in [1.29, 1.82) is 0 Å². The minimum absolute atomic E-state index is 0.128. The number of rotatable bonds is 9. The molecule has 0 radical (unpaired) electrons. The van der Waals surface area contributed by atoms with Gasteiger partial charge in [-0.25, -0.2) is 9.07 Å². The summed E-state index contributed by atoms with van der Waals surface area (Å²) >= 11 is 0. The summed E-state index contributed by atoms with van der Waals surface area (Å²) in [6, 6.07) is 5.94. The number of nitrogens with zero attached hydrogens (tertiary/aromatic N) is 2. The molecular formula is C15H16FN3O3S2. The Bertz CT molecular complexity index is 709. The Labute approximate surface area is 146 Å². The second-order valence-electron chi connectivity index (χ2n) is 4.70. The van der Waals surface area contributed by atoms with E-state index in [-0.39, 0.29) is 18.1 Å². The molecule has 128 valence electrons. The smallest absolute Gasteiger partial charge is 0.304 e. The summed E-state index contributed by atoms with van der Waals surface area (Å²) in [5, 5.41) is 15.3. The molecule has 6 nitrogen and oxygen atoms in total. The van der Waals surface area contributed by atoms with Gasteiger partial charge in [-0.05, 0) is 18.2 Å². The normalized spacial score (nSPS) is 10.5. The van der Waals surface area contributed by atoms with Gasteiger partial charge in [0.25, 0.3) is 5.91 Å². The molecule has 2 aromatic rings. The number of carbonyl (C=O) groups excluding carboxylic acids is 1. The van der Waals surface area contributed by atoms with E-state index in [1.807, 2.05) is 0 Å². The lowest BCUT2D eigenvalue weighted by Crippen LogP contribution is -2.25. The van der Waals surface area contributed by atoms with E-state index in [2.05, 4.69) is 10.4 Å². The van der Waals surface area contributed by atoms with Crippen LogP contribution in [0, 0.1) is 5.82 Å². The summed E-state index contributed by atoms with van der Waals surface area (Å²) < 4.78 is 14.6. The first kappa shape index (κ1) is 18.3. The van der Waals surface area contributed by atoms with Gasteiger partial charge in [0.1, 0.15) is 5.82 Å². The summed E-state index contributed by atoms with van der Waals surface area (Å²) in [7, 11) is 2.98.